The summed E-state index contributed by atoms with van der Waals surface area (Å²) in [6.07, 6.45) is 3.30. The maximum absolute atomic E-state index is 12.1. The van der Waals surface area contributed by atoms with Crippen molar-refractivity contribution >= 4 is 52.3 Å². The van der Waals surface area contributed by atoms with Crippen LogP contribution in [-0.4, -0.2) is 27.4 Å². The lowest BCUT2D eigenvalue weighted by atomic mass is 9.90. The van der Waals surface area contributed by atoms with Crippen LogP contribution in [-0.2, 0) is 23.4 Å². The van der Waals surface area contributed by atoms with E-state index in [-0.39, 0.29) is 11.7 Å². The summed E-state index contributed by atoms with van der Waals surface area (Å²) in [5, 5.41) is 9.63. The molecule has 2 heterocycles. The summed E-state index contributed by atoms with van der Waals surface area (Å²) in [7, 11) is 0. The van der Waals surface area contributed by atoms with Crippen molar-refractivity contribution in [1.82, 2.24) is 9.97 Å². The van der Waals surface area contributed by atoms with E-state index in [9.17, 15) is 9.59 Å². The van der Waals surface area contributed by atoms with Gasteiger partial charge >= 0.3 is 0 Å². The molecule has 2 aliphatic rings. The van der Waals surface area contributed by atoms with Crippen LogP contribution in [0.15, 0.2) is 42.5 Å². The molecule has 2 aromatic carbocycles. The van der Waals surface area contributed by atoms with E-state index < -0.39 is 0 Å². The predicted molar refractivity (Wildman–Crippen MR) is 133 cm³/mol. The normalized spacial score (nSPS) is 14.8. The number of nitrogens with zero attached hydrogens (tertiary/aromatic N) is 2. The van der Waals surface area contributed by atoms with Gasteiger partial charge in [0.1, 0.15) is 5.82 Å². The first kappa shape index (κ1) is 21.5. The Morgan fingerprint density at radius 1 is 1.00 bits per heavy atom. The second-order valence-corrected chi connectivity index (χ2v) is 9.35. The highest BCUT2D eigenvalue weighted by molar-refractivity contribution is 7.98. The molecule has 3 aromatic rings. The summed E-state index contributed by atoms with van der Waals surface area (Å²) in [6, 6.07) is 13.4. The Morgan fingerprint density at radius 3 is 2.70 bits per heavy atom. The molecule has 0 saturated carbocycles. The number of ketones is 1. The van der Waals surface area contributed by atoms with E-state index in [1.165, 1.54) is 6.92 Å². The van der Waals surface area contributed by atoms with Crippen LogP contribution in [0.25, 0.3) is 0 Å². The topological polar surface area (TPSA) is 96.0 Å². The van der Waals surface area contributed by atoms with Crippen molar-refractivity contribution in [2.24, 2.45) is 0 Å². The number of Topliss-reactive ketones (excluding diaryl/α,β-unsaturated/α-hetero) is 1. The maximum Gasteiger partial charge on any atom is 0.229 e. The first-order valence-corrected chi connectivity index (χ1v) is 12.3. The van der Waals surface area contributed by atoms with Gasteiger partial charge in [-0.05, 0) is 60.9 Å². The smallest absolute Gasteiger partial charge is 0.229 e. The molecule has 0 unspecified atom stereocenters. The molecule has 0 bridgehead atoms. The molecule has 168 valence electrons. The summed E-state index contributed by atoms with van der Waals surface area (Å²) >= 11 is 1.86. The van der Waals surface area contributed by atoms with Crippen LogP contribution in [0.4, 0.5) is 28.8 Å². The lowest BCUT2D eigenvalue weighted by Crippen LogP contribution is -2.14. The standard InChI is InChI=1S/C25H25N5O2S/c1-15(31)26-21-6-2-3-7-22(21)28-24-19-14-33-12-11-20(19)29-25(30-24)27-17-9-10-18-16(13-17)5-4-8-23(18)32/h2-3,6-7,9-10,13H,4-5,8,11-12,14H2,1H3,(H,26,31)(H2,27,28,29,30). The van der Waals surface area contributed by atoms with Gasteiger partial charge in [0.2, 0.25) is 11.9 Å². The highest BCUT2D eigenvalue weighted by atomic mass is 32.2. The summed E-state index contributed by atoms with van der Waals surface area (Å²) in [5.74, 6) is 3.20. The molecule has 0 saturated heterocycles. The van der Waals surface area contributed by atoms with Gasteiger partial charge in [-0.25, -0.2) is 4.98 Å². The zero-order valence-electron chi connectivity index (χ0n) is 18.4. The number of aryl methyl sites for hydroxylation is 2. The van der Waals surface area contributed by atoms with E-state index in [0.717, 1.165) is 70.3 Å². The van der Waals surface area contributed by atoms with Gasteiger partial charge in [-0.15, -0.1) is 0 Å². The van der Waals surface area contributed by atoms with Crippen LogP contribution in [0.3, 0.4) is 0 Å². The van der Waals surface area contributed by atoms with E-state index in [1.807, 2.05) is 54.2 Å². The van der Waals surface area contributed by atoms with Crippen LogP contribution in [0.5, 0.6) is 0 Å². The van der Waals surface area contributed by atoms with E-state index >= 15 is 0 Å². The van der Waals surface area contributed by atoms with E-state index in [0.29, 0.717) is 18.1 Å². The molecule has 0 spiro atoms. The third kappa shape index (κ3) is 4.71. The van der Waals surface area contributed by atoms with Crippen LogP contribution < -0.4 is 16.0 Å². The fourth-order valence-corrected chi connectivity index (χ4v) is 5.25. The van der Waals surface area contributed by atoms with Gasteiger partial charge in [0, 0.05) is 35.9 Å². The number of carbonyl (C=O) groups is 2. The minimum absolute atomic E-state index is 0.127. The molecular weight excluding hydrogens is 434 g/mol. The number of rotatable bonds is 5. The van der Waals surface area contributed by atoms with E-state index in [1.54, 1.807) is 0 Å². The molecule has 5 rings (SSSR count). The molecule has 33 heavy (non-hydrogen) atoms. The minimum Gasteiger partial charge on any atom is -0.338 e. The Balaban J connectivity index is 1.48. The third-order valence-electron chi connectivity index (χ3n) is 5.82. The highest BCUT2D eigenvalue weighted by Gasteiger charge is 2.21. The summed E-state index contributed by atoms with van der Waals surface area (Å²) in [4.78, 5) is 33.4. The molecular formula is C25H25N5O2S. The van der Waals surface area contributed by atoms with Crippen molar-refractivity contribution in [3.05, 3.63) is 64.8 Å². The van der Waals surface area contributed by atoms with E-state index in [4.69, 9.17) is 9.97 Å². The van der Waals surface area contributed by atoms with Crippen LogP contribution in [0.1, 0.15) is 46.9 Å². The Morgan fingerprint density at radius 2 is 1.85 bits per heavy atom. The molecule has 0 radical (unpaired) electrons. The molecule has 7 nitrogen and oxygen atoms in total. The Kier molecular flexibility index (Phi) is 6.00. The summed E-state index contributed by atoms with van der Waals surface area (Å²) < 4.78 is 0. The third-order valence-corrected chi connectivity index (χ3v) is 6.81. The van der Waals surface area contributed by atoms with Crippen molar-refractivity contribution in [3.8, 4) is 0 Å². The number of hydrogen-bond donors (Lipinski definition) is 3. The van der Waals surface area contributed by atoms with Gasteiger partial charge < -0.3 is 16.0 Å². The zero-order valence-corrected chi connectivity index (χ0v) is 19.2. The molecule has 0 fully saturated rings. The average molecular weight is 460 g/mol. The fourth-order valence-electron chi connectivity index (χ4n) is 4.26. The van der Waals surface area contributed by atoms with Crippen molar-refractivity contribution in [2.45, 2.75) is 38.4 Å². The molecule has 1 aliphatic carbocycles. The number of fused-ring (bicyclic) bond motifs is 2. The van der Waals surface area contributed by atoms with Gasteiger partial charge in [0.05, 0.1) is 17.1 Å². The van der Waals surface area contributed by atoms with Crippen molar-refractivity contribution in [2.75, 3.05) is 21.7 Å². The first-order valence-electron chi connectivity index (χ1n) is 11.1. The van der Waals surface area contributed by atoms with E-state index in [2.05, 4.69) is 16.0 Å². The number of anilines is 5. The first-order chi connectivity index (χ1) is 16.1. The minimum atomic E-state index is -0.127. The number of carbonyl (C=O) groups excluding carboxylic acids is 2. The Bertz CT molecular complexity index is 1240. The number of hydrogen-bond acceptors (Lipinski definition) is 7. The molecule has 1 amide bonds. The molecule has 3 N–H and O–H groups in total. The van der Waals surface area contributed by atoms with Crippen molar-refractivity contribution in [1.29, 1.82) is 0 Å². The van der Waals surface area contributed by atoms with Gasteiger partial charge in [0.15, 0.2) is 5.78 Å². The summed E-state index contributed by atoms with van der Waals surface area (Å²) in [5.41, 5.74) is 6.37. The van der Waals surface area contributed by atoms with Crippen molar-refractivity contribution < 1.29 is 9.59 Å². The second kappa shape index (κ2) is 9.23. The Hall–Kier alpha value is -3.39. The average Bonchev–Trinajstić information content (AvgIpc) is 2.80. The van der Waals surface area contributed by atoms with Crippen LogP contribution >= 0.6 is 11.8 Å². The predicted octanol–water partition coefficient (Wildman–Crippen LogP) is 5.23. The number of para-hydroxylation sites is 2. The molecule has 1 aromatic heterocycles. The monoisotopic (exact) mass is 459 g/mol. The lowest BCUT2D eigenvalue weighted by Gasteiger charge is -2.21. The highest BCUT2D eigenvalue weighted by Crippen LogP contribution is 2.34. The number of thioether (sulfide) groups is 1. The van der Waals surface area contributed by atoms with Gasteiger partial charge in [-0.2, -0.15) is 16.7 Å². The fraction of sp³-hybridized carbons (Fsp3) is 0.280. The molecule has 0 atom stereocenters. The summed E-state index contributed by atoms with van der Waals surface area (Å²) in [6.45, 7) is 1.49. The van der Waals surface area contributed by atoms with Crippen molar-refractivity contribution in [3.63, 3.8) is 0 Å². The molecule has 1 aliphatic heterocycles. The zero-order chi connectivity index (χ0) is 22.8. The lowest BCUT2D eigenvalue weighted by molar-refractivity contribution is -0.114. The second-order valence-electron chi connectivity index (χ2n) is 8.25. The largest absolute Gasteiger partial charge is 0.338 e. The quantitative estimate of drug-likeness (QED) is 0.481. The van der Waals surface area contributed by atoms with Crippen LogP contribution in [0, 0.1) is 0 Å². The number of aromatic nitrogens is 2. The molecule has 8 heteroatoms. The van der Waals surface area contributed by atoms with Crippen LogP contribution in [0.2, 0.25) is 0 Å². The SMILES string of the molecule is CC(=O)Nc1ccccc1Nc1nc(Nc2ccc3c(c2)CCCC3=O)nc2c1CSCC2. The number of nitrogens with one attached hydrogen (secondary N) is 3. The number of benzene rings is 2. The van der Waals surface area contributed by atoms with Gasteiger partial charge in [0.25, 0.3) is 0 Å². The van der Waals surface area contributed by atoms with Gasteiger partial charge in [-0.3, -0.25) is 9.59 Å². The van der Waals surface area contributed by atoms with Gasteiger partial charge in [-0.1, -0.05) is 12.1 Å². The Labute approximate surface area is 196 Å². The number of amides is 1. The maximum atomic E-state index is 12.1.